The molecule has 0 bridgehead atoms. The van der Waals surface area contributed by atoms with Crippen LogP contribution in [0.15, 0.2) is 58.4 Å². The number of hydrogen-bond donors (Lipinski definition) is 2. The minimum Gasteiger partial charge on any atom is -0.871 e. The Labute approximate surface area is 133 Å². The van der Waals surface area contributed by atoms with Crippen LogP contribution >= 0.6 is 0 Å². The molecule has 0 aromatic heterocycles. The van der Waals surface area contributed by atoms with Crippen molar-refractivity contribution < 1.29 is 22.9 Å². The van der Waals surface area contributed by atoms with E-state index in [0.29, 0.717) is 16.9 Å². The number of Topliss-reactive ketones (excluding diaryl/α,β-unsaturated/α-hetero) is 1. The van der Waals surface area contributed by atoms with Gasteiger partial charge < -0.3 is 10.4 Å². The number of allylic oxidation sites excluding steroid dienone is 4. The van der Waals surface area contributed by atoms with Gasteiger partial charge in [0, 0.05) is 27.9 Å². The molecule has 0 atom stereocenters. The monoisotopic (exact) mass is 332 g/mol. The van der Waals surface area contributed by atoms with Crippen molar-refractivity contribution in [2.24, 2.45) is 0 Å². The van der Waals surface area contributed by atoms with Gasteiger partial charge in [-0.2, -0.15) is 8.42 Å². The number of rotatable bonds is 2. The van der Waals surface area contributed by atoms with Crippen molar-refractivity contribution in [1.82, 2.24) is 0 Å². The van der Waals surface area contributed by atoms with Crippen LogP contribution in [0.3, 0.4) is 0 Å². The fraction of sp³-hybridized carbons (Fsp3) is 0.188. The van der Waals surface area contributed by atoms with E-state index in [1.165, 1.54) is 24.3 Å². The Kier molecular flexibility index (Phi) is 3.08. The maximum Gasteiger partial charge on any atom is 0.294 e. The first-order valence-corrected chi connectivity index (χ1v) is 8.24. The third kappa shape index (κ3) is 2.20. The number of carbonyl (C=O) groups is 1. The van der Waals surface area contributed by atoms with Gasteiger partial charge in [0.15, 0.2) is 5.78 Å². The molecule has 1 aliphatic carbocycles. The molecule has 0 fully saturated rings. The Morgan fingerprint density at radius 2 is 2.00 bits per heavy atom. The molecule has 0 spiro atoms. The SMILES string of the molecule is C=C1C(=O)C(/C=C2/Nc3ccc(S(=O)(=O)O)cc3C2(C)C)=C1[O-]. The Hall–Kier alpha value is -2.38. The molecule has 2 aliphatic rings. The molecule has 6 nitrogen and oxygen atoms in total. The van der Waals surface area contributed by atoms with E-state index in [1.54, 1.807) is 0 Å². The first-order chi connectivity index (χ1) is 10.5. The Bertz CT molecular complexity index is 935. The number of anilines is 1. The van der Waals surface area contributed by atoms with Crippen LogP contribution in [0.4, 0.5) is 5.69 Å². The lowest BCUT2D eigenvalue weighted by Crippen LogP contribution is -2.29. The Balaban J connectivity index is 2.09. The largest absolute Gasteiger partial charge is 0.871 e. The summed E-state index contributed by atoms with van der Waals surface area (Å²) in [5, 5.41) is 14.8. The highest BCUT2D eigenvalue weighted by molar-refractivity contribution is 7.85. The molecular weight excluding hydrogens is 318 g/mol. The third-order valence-corrected chi connectivity index (χ3v) is 5.08. The highest BCUT2D eigenvalue weighted by Crippen LogP contribution is 2.45. The zero-order chi connectivity index (χ0) is 17.2. The quantitative estimate of drug-likeness (QED) is 0.624. The summed E-state index contributed by atoms with van der Waals surface area (Å²) < 4.78 is 31.8. The normalized spacial score (nSPS) is 21.3. The summed E-state index contributed by atoms with van der Waals surface area (Å²) >= 11 is 0. The number of nitrogens with one attached hydrogen (secondary N) is 1. The molecule has 0 saturated carbocycles. The summed E-state index contributed by atoms with van der Waals surface area (Å²) in [6.45, 7) is 7.05. The van der Waals surface area contributed by atoms with Gasteiger partial charge in [-0.25, -0.2) is 0 Å². The molecule has 3 rings (SSSR count). The highest BCUT2D eigenvalue weighted by atomic mass is 32.2. The van der Waals surface area contributed by atoms with Crippen molar-refractivity contribution in [2.45, 2.75) is 24.2 Å². The zero-order valence-corrected chi connectivity index (χ0v) is 13.3. The highest BCUT2D eigenvalue weighted by Gasteiger charge is 2.37. The molecule has 0 unspecified atom stereocenters. The fourth-order valence-corrected chi connectivity index (χ4v) is 3.22. The Morgan fingerprint density at radius 1 is 1.35 bits per heavy atom. The second kappa shape index (κ2) is 4.56. The average Bonchev–Trinajstić information content (AvgIpc) is 2.73. The lowest BCUT2D eigenvalue weighted by atomic mass is 9.81. The summed E-state index contributed by atoms with van der Waals surface area (Å²) in [4.78, 5) is 11.5. The smallest absolute Gasteiger partial charge is 0.294 e. The second-order valence-corrected chi connectivity index (χ2v) is 7.46. The predicted molar refractivity (Wildman–Crippen MR) is 82.2 cm³/mol. The maximum absolute atomic E-state index is 11.7. The van der Waals surface area contributed by atoms with Crippen LogP contribution in [0.25, 0.3) is 0 Å². The van der Waals surface area contributed by atoms with E-state index in [4.69, 9.17) is 0 Å². The third-order valence-electron chi connectivity index (χ3n) is 4.23. The van der Waals surface area contributed by atoms with Crippen LogP contribution in [-0.2, 0) is 20.3 Å². The van der Waals surface area contributed by atoms with Gasteiger partial charge in [-0.05, 0) is 29.8 Å². The van der Waals surface area contributed by atoms with E-state index < -0.39 is 15.5 Å². The van der Waals surface area contributed by atoms with Crippen molar-refractivity contribution in [3.05, 3.63) is 59.0 Å². The van der Waals surface area contributed by atoms with Crippen LogP contribution in [0.2, 0.25) is 0 Å². The van der Waals surface area contributed by atoms with Crippen LogP contribution < -0.4 is 10.4 Å². The molecule has 1 aromatic carbocycles. The minimum atomic E-state index is -4.31. The van der Waals surface area contributed by atoms with Crippen LogP contribution in [0, 0.1) is 0 Å². The molecule has 0 amide bonds. The number of benzene rings is 1. The van der Waals surface area contributed by atoms with Crippen molar-refractivity contribution in [3.8, 4) is 0 Å². The molecule has 0 saturated heterocycles. The second-order valence-electron chi connectivity index (χ2n) is 6.04. The number of carbonyl (C=O) groups excluding carboxylic acids is 1. The number of hydrogen-bond acceptors (Lipinski definition) is 5. The van der Waals surface area contributed by atoms with Gasteiger partial charge in [-0.15, -0.1) is 0 Å². The van der Waals surface area contributed by atoms with Gasteiger partial charge in [0.2, 0.25) is 0 Å². The van der Waals surface area contributed by atoms with Gasteiger partial charge in [0.05, 0.1) is 4.90 Å². The van der Waals surface area contributed by atoms with Crippen LogP contribution in [0.1, 0.15) is 19.4 Å². The maximum atomic E-state index is 11.7. The molecule has 7 heteroatoms. The summed E-state index contributed by atoms with van der Waals surface area (Å²) in [6, 6.07) is 4.20. The van der Waals surface area contributed by atoms with Gasteiger partial charge in [-0.3, -0.25) is 9.35 Å². The lowest BCUT2D eigenvalue weighted by molar-refractivity contribution is -0.300. The van der Waals surface area contributed by atoms with Gasteiger partial charge >= 0.3 is 0 Å². The van der Waals surface area contributed by atoms with E-state index >= 15 is 0 Å². The molecule has 23 heavy (non-hydrogen) atoms. The van der Waals surface area contributed by atoms with E-state index in [0.717, 1.165) is 0 Å². The van der Waals surface area contributed by atoms with Crippen molar-refractivity contribution in [2.75, 3.05) is 5.32 Å². The van der Waals surface area contributed by atoms with Gasteiger partial charge in [0.25, 0.3) is 10.1 Å². The predicted octanol–water partition coefficient (Wildman–Crippen LogP) is 1.27. The van der Waals surface area contributed by atoms with Crippen molar-refractivity contribution >= 4 is 21.6 Å². The molecule has 1 aromatic rings. The standard InChI is InChI=1S/C16H15NO5S/c1-8-14(18)10(15(8)19)7-13-16(2,3)11-6-9(23(20,21)22)4-5-12(11)17-13/h4-7,17-18H,1H2,2-3H3,(H,20,21,22)/p-1/b13-7+. The summed E-state index contributed by atoms with van der Waals surface area (Å²) in [6.07, 6.45) is 1.48. The van der Waals surface area contributed by atoms with E-state index in [2.05, 4.69) is 11.9 Å². The molecule has 1 aliphatic heterocycles. The van der Waals surface area contributed by atoms with Crippen LogP contribution in [0.5, 0.6) is 0 Å². The van der Waals surface area contributed by atoms with Crippen LogP contribution in [-0.4, -0.2) is 18.8 Å². The fourth-order valence-electron chi connectivity index (χ4n) is 2.72. The average molecular weight is 332 g/mol. The van der Waals surface area contributed by atoms with E-state index in [1.807, 2.05) is 13.8 Å². The number of fused-ring (bicyclic) bond motifs is 1. The van der Waals surface area contributed by atoms with Crippen molar-refractivity contribution in [3.63, 3.8) is 0 Å². The summed E-state index contributed by atoms with van der Waals surface area (Å²) in [5.74, 6) is -0.760. The van der Waals surface area contributed by atoms with Crippen molar-refractivity contribution in [1.29, 1.82) is 0 Å². The molecule has 1 heterocycles. The molecule has 120 valence electrons. The van der Waals surface area contributed by atoms with E-state index in [9.17, 15) is 22.9 Å². The van der Waals surface area contributed by atoms with Gasteiger partial charge in [0.1, 0.15) is 0 Å². The lowest BCUT2D eigenvalue weighted by Gasteiger charge is -2.29. The number of ketones is 1. The van der Waals surface area contributed by atoms with Gasteiger partial charge in [-0.1, -0.05) is 26.2 Å². The first kappa shape index (κ1) is 15.5. The Morgan fingerprint density at radius 3 is 2.57 bits per heavy atom. The molecule has 0 radical (unpaired) electrons. The topological polar surface area (TPSA) is 107 Å². The summed E-state index contributed by atoms with van der Waals surface area (Å²) in [5.41, 5.74) is 1.29. The minimum absolute atomic E-state index is 0.0289. The summed E-state index contributed by atoms with van der Waals surface area (Å²) in [7, 11) is -4.31. The molecular formula is C16H14NO5S-. The molecule has 2 N–H and O–H groups in total. The first-order valence-electron chi connectivity index (χ1n) is 6.80. The van der Waals surface area contributed by atoms with E-state index in [-0.39, 0.29) is 27.6 Å². The zero-order valence-electron chi connectivity index (χ0n) is 12.5.